The van der Waals surface area contributed by atoms with Crippen molar-refractivity contribution in [1.29, 1.82) is 0 Å². The maximum absolute atomic E-state index is 13.2. The number of rotatable bonds is 6. The number of aliphatic imine (C=N–C) groups is 1. The lowest BCUT2D eigenvalue weighted by Crippen LogP contribution is -2.33. The number of hydrogen-bond donors (Lipinski definition) is 3. The lowest BCUT2D eigenvalue weighted by molar-refractivity contribution is 0.629. The van der Waals surface area contributed by atoms with Gasteiger partial charge in [0, 0.05) is 30.2 Å². The van der Waals surface area contributed by atoms with Crippen LogP contribution in [0.4, 0.5) is 4.39 Å². The summed E-state index contributed by atoms with van der Waals surface area (Å²) in [7, 11) is 0. The molecule has 0 radical (unpaired) electrons. The maximum Gasteiger partial charge on any atom is 0.188 e. The second-order valence-electron chi connectivity index (χ2n) is 5.68. The molecule has 24 heavy (non-hydrogen) atoms. The van der Waals surface area contributed by atoms with Crippen molar-refractivity contribution in [2.75, 3.05) is 13.1 Å². The summed E-state index contributed by atoms with van der Waals surface area (Å²) >= 11 is 0. The SMILES string of the molecule is NC(=NCCc1c[nH]c2cc(F)ccc12)NCCc1ccccc1. The molecule has 0 aliphatic heterocycles. The quantitative estimate of drug-likeness (QED) is 0.482. The van der Waals surface area contributed by atoms with Gasteiger partial charge in [0.05, 0.1) is 0 Å². The summed E-state index contributed by atoms with van der Waals surface area (Å²) < 4.78 is 13.2. The zero-order valence-electron chi connectivity index (χ0n) is 13.4. The lowest BCUT2D eigenvalue weighted by atomic mass is 10.1. The molecule has 1 heterocycles. The van der Waals surface area contributed by atoms with Crippen molar-refractivity contribution in [2.45, 2.75) is 12.8 Å². The molecule has 4 nitrogen and oxygen atoms in total. The van der Waals surface area contributed by atoms with Crippen molar-refractivity contribution in [3.05, 3.63) is 71.7 Å². The van der Waals surface area contributed by atoms with Crippen molar-refractivity contribution in [3.63, 3.8) is 0 Å². The second kappa shape index (κ2) is 7.64. The van der Waals surface area contributed by atoms with Crippen LogP contribution in [-0.4, -0.2) is 24.0 Å². The molecule has 0 spiro atoms. The molecule has 1 aromatic heterocycles. The molecule has 0 saturated carbocycles. The third-order valence-electron chi connectivity index (χ3n) is 3.96. The molecule has 2 aromatic carbocycles. The minimum atomic E-state index is -0.235. The summed E-state index contributed by atoms with van der Waals surface area (Å²) in [6.07, 6.45) is 3.57. The number of H-pyrrole nitrogens is 1. The minimum Gasteiger partial charge on any atom is -0.370 e. The topological polar surface area (TPSA) is 66.2 Å². The number of nitrogens with two attached hydrogens (primary N) is 1. The number of nitrogens with zero attached hydrogens (tertiary/aromatic N) is 1. The number of benzene rings is 2. The largest absolute Gasteiger partial charge is 0.370 e. The van der Waals surface area contributed by atoms with Crippen LogP contribution in [0.5, 0.6) is 0 Å². The van der Waals surface area contributed by atoms with Crippen molar-refractivity contribution in [2.24, 2.45) is 10.7 Å². The fourth-order valence-corrected chi connectivity index (χ4v) is 2.70. The molecule has 0 bridgehead atoms. The average molecular weight is 324 g/mol. The first kappa shape index (κ1) is 16.1. The highest BCUT2D eigenvalue weighted by atomic mass is 19.1. The van der Waals surface area contributed by atoms with Gasteiger partial charge in [0.15, 0.2) is 5.96 Å². The number of guanidine groups is 1. The predicted molar refractivity (Wildman–Crippen MR) is 96.6 cm³/mol. The molecule has 0 aliphatic rings. The van der Waals surface area contributed by atoms with Crippen LogP contribution >= 0.6 is 0 Å². The molecule has 4 N–H and O–H groups in total. The summed E-state index contributed by atoms with van der Waals surface area (Å²) in [4.78, 5) is 7.43. The second-order valence-corrected chi connectivity index (χ2v) is 5.68. The lowest BCUT2D eigenvalue weighted by Gasteiger charge is -2.05. The number of nitrogens with one attached hydrogen (secondary N) is 2. The Labute approximate surface area is 140 Å². The Morgan fingerprint density at radius 3 is 2.79 bits per heavy atom. The predicted octanol–water partition coefficient (Wildman–Crippen LogP) is 3.00. The summed E-state index contributed by atoms with van der Waals surface area (Å²) in [5.74, 6) is 0.220. The number of halogens is 1. The van der Waals surface area contributed by atoms with Crippen molar-refractivity contribution < 1.29 is 4.39 Å². The Bertz CT molecular complexity index is 824. The Morgan fingerprint density at radius 2 is 1.96 bits per heavy atom. The van der Waals surface area contributed by atoms with Gasteiger partial charge >= 0.3 is 0 Å². The van der Waals surface area contributed by atoms with Crippen LogP contribution in [0.2, 0.25) is 0 Å². The molecule has 5 heteroatoms. The third-order valence-corrected chi connectivity index (χ3v) is 3.96. The van der Waals surface area contributed by atoms with E-state index in [1.54, 1.807) is 6.07 Å². The zero-order valence-corrected chi connectivity index (χ0v) is 13.4. The van der Waals surface area contributed by atoms with Gasteiger partial charge in [-0.3, -0.25) is 4.99 Å². The molecule has 0 saturated heterocycles. The van der Waals surface area contributed by atoms with Crippen LogP contribution in [0.1, 0.15) is 11.1 Å². The molecule has 124 valence electrons. The van der Waals surface area contributed by atoms with Gasteiger partial charge in [-0.05, 0) is 42.2 Å². The average Bonchev–Trinajstić information content (AvgIpc) is 2.98. The van der Waals surface area contributed by atoms with Gasteiger partial charge in [0.25, 0.3) is 0 Å². The van der Waals surface area contributed by atoms with E-state index in [9.17, 15) is 4.39 Å². The van der Waals surface area contributed by atoms with Gasteiger partial charge in [-0.15, -0.1) is 0 Å². The van der Waals surface area contributed by atoms with E-state index in [4.69, 9.17) is 5.73 Å². The van der Waals surface area contributed by atoms with Crippen LogP contribution in [0.3, 0.4) is 0 Å². The first-order valence-electron chi connectivity index (χ1n) is 8.05. The number of fused-ring (bicyclic) bond motifs is 1. The van der Waals surface area contributed by atoms with Crippen molar-refractivity contribution in [3.8, 4) is 0 Å². The normalized spacial score (nSPS) is 11.8. The molecule has 0 atom stereocenters. The maximum atomic E-state index is 13.2. The minimum absolute atomic E-state index is 0.235. The Balaban J connectivity index is 1.48. The monoisotopic (exact) mass is 324 g/mol. The molecule has 3 rings (SSSR count). The number of aromatic nitrogens is 1. The standard InChI is InChI=1S/C19H21FN4/c20-16-6-7-17-15(13-24-18(17)12-16)9-11-23-19(21)22-10-8-14-4-2-1-3-5-14/h1-7,12-13,24H,8-11H2,(H3,21,22,23). The van der Waals surface area contributed by atoms with Crippen LogP contribution in [0, 0.1) is 5.82 Å². The number of hydrogen-bond acceptors (Lipinski definition) is 1. The highest BCUT2D eigenvalue weighted by molar-refractivity contribution is 5.83. The Morgan fingerprint density at radius 1 is 1.12 bits per heavy atom. The van der Waals surface area contributed by atoms with E-state index in [0.29, 0.717) is 12.5 Å². The van der Waals surface area contributed by atoms with Gasteiger partial charge in [0.2, 0.25) is 0 Å². The molecule has 0 fully saturated rings. The van der Waals surface area contributed by atoms with Gasteiger partial charge in [-0.25, -0.2) is 4.39 Å². The summed E-state index contributed by atoms with van der Waals surface area (Å²) in [6.45, 7) is 1.35. The van der Waals surface area contributed by atoms with Gasteiger partial charge in [-0.2, -0.15) is 0 Å². The van der Waals surface area contributed by atoms with Gasteiger partial charge < -0.3 is 16.0 Å². The molecule has 0 unspecified atom stereocenters. The van der Waals surface area contributed by atoms with Crippen molar-refractivity contribution >= 4 is 16.9 Å². The number of aromatic amines is 1. The van der Waals surface area contributed by atoms with E-state index in [1.807, 2.05) is 24.4 Å². The van der Waals surface area contributed by atoms with Gasteiger partial charge in [-0.1, -0.05) is 30.3 Å². The van der Waals surface area contributed by atoms with Crippen molar-refractivity contribution in [1.82, 2.24) is 10.3 Å². The van der Waals surface area contributed by atoms with Crippen LogP contribution in [0.25, 0.3) is 10.9 Å². The summed E-state index contributed by atoms with van der Waals surface area (Å²) in [5.41, 5.74) is 9.08. The van der Waals surface area contributed by atoms with E-state index in [2.05, 4.69) is 27.4 Å². The third kappa shape index (κ3) is 4.13. The highest BCUT2D eigenvalue weighted by Gasteiger charge is 2.04. The van der Waals surface area contributed by atoms with E-state index < -0.39 is 0 Å². The molecule has 0 aliphatic carbocycles. The molecule has 3 aromatic rings. The summed E-state index contributed by atoms with van der Waals surface area (Å²) in [5, 5.41) is 4.16. The van der Waals surface area contributed by atoms with Crippen LogP contribution < -0.4 is 11.1 Å². The van der Waals surface area contributed by atoms with E-state index in [1.165, 1.54) is 17.7 Å². The molecule has 0 amide bonds. The highest BCUT2D eigenvalue weighted by Crippen LogP contribution is 2.19. The van der Waals surface area contributed by atoms with Gasteiger partial charge in [0.1, 0.15) is 5.82 Å². The summed E-state index contributed by atoms with van der Waals surface area (Å²) in [6, 6.07) is 15.0. The van der Waals surface area contributed by atoms with Crippen LogP contribution in [0.15, 0.2) is 59.7 Å². The first-order chi connectivity index (χ1) is 11.7. The molecular formula is C19H21FN4. The fourth-order valence-electron chi connectivity index (χ4n) is 2.70. The fraction of sp³-hybridized carbons (Fsp3) is 0.211. The molecular weight excluding hydrogens is 303 g/mol. The zero-order chi connectivity index (χ0) is 16.8. The Kier molecular flexibility index (Phi) is 5.11. The van der Waals surface area contributed by atoms with E-state index >= 15 is 0 Å². The van der Waals surface area contributed by atoms with E-state index in [-0.39, 0.29) is 5.82 Å². The Hall–Kier alpha value is -2.82. The first-order valence-corrected chi connectivity index (χ1v) is 8.05. The van der Waals surface area contributed by atoms with E-state index in [0.717, 1.165) is 35.9 Å². The smallest absolute Gasteiger partial charge is 0.188 e. The van der Waals surface area contributed by atoms with Crippen LogP contribution in [-0.2, 0) is 12.8 Å².